The molecule has 0 fully saturated rings. The summed E-state index contributed by atoms with van der Waals surface area (Å²) < 4.78 is 1.63. The molecule has 0 bridgehead atoms. The van der Waals surface area contributed by atoms with E-state index in [9.17, 15) is 19.2 Å². The maximum absolute atomic E-state index is 13.6. The average molecular weight is 722 g/mol. The van der Waals surface area contributed by atoms with Crippen LogP contribution in [0.2, 0.25) is 0 Å². The maximum Gasteiger partial charge on any atom is 0.262 e. The van der Waals surface area contributed by atoms with E-state index < -0.39 is 23.6 Å². The van der Waals surface area contributed by atoms with Crippen molar-refractivity contribution in [3.05, 3.63) is 40.1 Å². The van der Waals surface area contributed by atoms with E-state index in [4.69, 9.17) is 0 Å². The summed E-state index contributed by atoms with van der Waals surface area (Å²) >= 11 is 14.1. The van der Waals surface area contributed by atoms with Gasteiger partial charge in [0.2, 0.25) is 0 Å². The molecular formula is C24H22Br4N2O4. The Hall–Kier alpha value is -1.10. The molecule has 34 heavy (non-hydrogen) atoms. The Morgan fingerprint density at radius 2 is 0.765 bits per heavy atom. The Kier molecular flexibility index (Phi) is 7.72. The molecule has 0 radical (unpaired) electrons. The number of rotatable bonds is 8. The first-order valence-electron chi connectivity index (χ1n) is 11.3. The van der Waals surface area contributed by atoms with Crippen molar-refractivity contribution in [1.82, 2.24) is 9.80 Å². The second-order valence-electron chi connectivity index (χ2n) is 8.44. The first kappa shape index (κ1) is 26.0. The number of unbranched alkanes of at least 4 members (excludes halogenated alkanes) is 4. The summed E-state index contributed by atoms with van der Waals surface area (Å²) in [6.45, 7) is 4.71. The SMILES string of the molecule is CCCCCN1C(=O)c2c(Br)c(Br)c3c4c(c(Br)c(Br)c(c24)C1=O)C(=O)N(CCCCC)C3=O. The zero-order chi connectivity index (χ0) is 24.9. The van der Waals surface area contributed by atoms with E-state index in [1.165, 1.54) is 9.80 Å². The Labute approximate surface area is 231 Å². The van der Waals surface area contributed by atoms with Crippen molar-refractivity contribution >= 4 is 98.1 Å². The molecule has 0 saturated carbocycles. The van der Waals surface area contributed by atoms with Crippen molar-refractivity contribution in [3.63, 3.8) is 0 Å². The van der Waals surface area contributed by atoms with Gasteiger partial charge in [0, 0.05) is 41.8 Å². The minimum absolute atomic E-state index is 0.284. The van der Waals surface area contributed by atoms with Gasteiger partial charge in [-0.25, -0.2) is 0 Å². The molecule has 0 aromatic heterocycles. The third-order valence-electron chi connectivity index (χ3n) is 6.32. The summed E-state index contributed by atoms with van der Waals surface area (Å²) in [5.41, 5.74) is 1.13. The zero-order valence-electron chi connectivity index (χ0n) is 18.7. The summed E-state index contributed by atoms with van der Waals surface area (Å²) in [6.07, 6.45) is 5.10. The van der Waals surface area contributed by atoms with Gasteiger partial charge in [0.25, 0.3) is 23.6 Å². The van der Waals surface area contributed by atoms with E-state index in [1.54, 1.807) is 0 Å². The Morgan fingerprint density at radius 1 is 0.500 bits per heavy atom. The molecule has 2 aromatic rings. The molecule has 0 saturated heterocycles. The van der Waals surface area contributed by atoms with E-state index in [1.807, 2.05) is 0 Å². The van der Waals surface area contributed by atoms with Crippen molar-refractivity contribution in [2.75, 3.05) is 13.1 Å². The second-order valence-corrected chi connectivity index (χ2v) is 11.6. The lowest BCUT2D eigenvalue weighted by Gasteiger charge is -2.34. The maximum atomic E-state index is 13.6. The summed E-state index contributed by atoms with van der Waals surface area (Å²) in [5.74, 6) is -1.73. The number of halogens is 4. The minimum Gasteiger partial charge on any atom is -0.274 e. The predicted molar refractivity (Wildman–Crippen MR) is 145 cm³/mol. The molecule has 0 unspecified atom stereocenters. The van der Waals surface area contributed by atoms with E-state index in [0.29, 0.717) is 54.6 Å². The van der Waals surface area contributed by atoms with Gasteiger partial charge in [-0.05, 0) is 76.6 Å². The van der Waals surface area contributed by atoms with Crippen molar-refractivity contribution in [2.45, 2.75) is 52.4 Å². The highest BCUT2D eigenvalue weighted by molar-refractivity contribution is 9.13. The van der Waals surface area contributed by atoms with Crippen LogP contribution in [0.4, 0.5) is 0 Å². The number of carbonyl (C=O) groups excluding carboxylic acids is 4. The number of benzene rings is 2. The molecule has 0 N–H and O–H groups in total. The summed E-state index contributed by atoms with van der Waals surface area (Å²) in [7, 11) is 0. The van der Waals surface area contributed by atoms with Crippen molar-refractivity contribution < 1.29 is 19.2 Å². The van der Waals surface area contributed by atoms with E-state index >= 15 is 0 Å². The predicted octanol–water partition coefficient (Wildman–Crippen LogP) is 7.46. The highest BCUT2D eigenvalue weighted by Crippen LogP contribution is 2.50. The van der Waals surface area contributed by atoms with Crippen LogP contribution in [0.3, 0.4) is 0 Å². The minimum atomic E-state index is -0.432. The van der Waals surface area contributed by atoms with Crippen LogP contribution >= 0.6 is 63.7 Å². The van der Waals surface area contributed by atoms with Gasteiger partial charge in [-0.15, -0.1) is 0 Å². The van der Waals surface area contributed by atoms with Gasteiger partial charge in [-0.3, -0.25) is 29.0 Å². The van der Waals surface area contributed by atoms with E-state index in [-0.39, 0.29) is 22.3 Å². The quantitative estimate of drug-likeness (QED) is 0.210. The van der Waals surface area contributed by atoms with E-state index in [0.717, 1.165) is 25.7 Å². The first-order chi connectivity index (χ1) is 16.2. The van der Waals surface area contributed by atoms with Crippen LogP contribution in [0.25, 0.3) is 10.8 Å². The first-order valence-corrected chi connectivity index (χ1v) is 14.4. The molecule has 4 rings (SSSR count). The molecule has 2 aliphatic rings. The number of nitrogens with zero attached hydrogens (tertiary/aromatic N) is 2. The van der Waals surface area contributed by atoms with Crippen molar-refractivity contribution in [2.24, 2.45) is 0 Å². The van der Waals surface area contributed by atoms with Gasteiger partial charge in [0.15, 0.2) is 0 Å². The fourth-order valence-electron chi connectivity index (χ4n) is 4.60. The molecule has 180 valence electrons. The number of amides is 4. The van der Waals surface area contributed by atoms with Crippen LogP contribution in [-0.4, -0.2) is 46.5 Å². The standard InChI is InChI=1S/C24H22Br4N2O4/c1-3-5-7-9-29-21(31)13-11-12-15(19(27)17(13)25)23(33)30(10-8-6-4-2)24(34)16(12)20(28)18(26)14(11)22(29)32/h3-10H2,1-2H3. The molecule has 0 spiro atoms. The van der Waals surface area contributed by atoms with E-state index in [2.05, 4.69) is 77.6 Å². The lowest BCUT2D eigenvalue weighted by molar-refractivity contribution is 0.0584. The molecule has 4 amide bonds. The number of carbonyl (C=O) groups is 4. The number of hydrogen-bond acceptors (Lipinski definition) is 4. The normalized spacial score (nSPS) is 15.2. The monoisotopic (exact) mass is 718 g/mol. The van der Waals surface area contributed by atoms with Gasteiger partial charge in [0.05, 0.1) is 22.3 Å². The molecule has 10 heteroatoms. The van der Waals surface area contributed by atoms with Gasteiger partial charge >= 0.3 is 0 Å². The molecule has 0 aliphatic carbocycles. The molecular weight excluding hydrogens is 700 g/mol. The summed E-state index contributed by atoms with van der Waals surface area (Å²) in [5, 5.41) is 0.679. The molecule has 2 heterocycles. The van der Waals surface area contributed by atoms with Gasteiger partial charge < -0.3 is 0 Å². The van der Waals surface area contributed by atoms with Crippen LogP contribution in [-0.2, 0) is 0 Å². The fourth-order valence-corrected chi connectivity index (χ4v) is 6.87. The highest BCUT2D eigenvalue weighted by atomic mass is 79.9. The second kappa shape index (κ2) is 10.1. The molecule has 2 aromatic carbocycles. The average Bonchev–Trinajstić information content (AvgIpc) is 2.80. The van der Waals surface area contributed by atoms with Crippen molar-refractivity contribution in [3.8, 4) is 0 Å². The molecule has 2 aliphatic heterocycles. The smallest absolute Gasteiger partial charge is 0.262 e. The molecule has 6 nitrogen and oxygen atoms in total. The van der Waals surface area contributed by atoms with Crippen LogP contribution in [0, 0.1) is 0 Å². The fraction of sp³-hybridized carbons (Fsp3) is 0.417. The summed E-state index contributed by atoms with van der Waals surface area (Å²) in [4.78, 5) is 56.7. The lowest BCUT2D eigenvalue weighted by atomic mass is 9.85. The van der Waals surface area contributed by atoms with Crippen molar-refractivity contribution in [1.29, 1.82) is 0 Å². The van der Waals surface area contributed by atoms with Crippen LogP contribution in [0.1, 0.15) is 93.8 Å². The molecule has 0 atom stereocenters. The number of imide groups is 2. The topological polar surface area (TPSA) is 74.8 Å². The van der Waals surface area contributed by atoms with Crippen LogP contribution in [0.5, 0.6) is 0 Å². The zero-order valence-corrected chi connectivity index (χ0v) is 25.0. The van der Waals surface area contributed by atoms with Gasteiger partial charge in [-0.2, -0.15) is 0 Å². The number of hydrogen-bond donors (Lipinski definition) is 0. The largest absolute Gasteiger partial charge is 0.274 e. The lowest BCUT2D eigenvalue weighted by Crippen LogP contribution is -2.44. The third-order valence-corrected chi connectivity index (χ3v) is 10.6. The van der Waals surface area contributed by atoms with Crippen LogP contribution < -0.4 is 0 Å². The van der Waals surface area contributed by atoms with Crippen LogP contribution in [0.15, 0.2) is 17.9 Å². The Balaban J connectivity index is 2.02. The summed E-state index contributed by atoms with van der Waals surface area (Å²) in [6, 6.07) is 0. The Morgan fingerprint density at radius 3 is 1.00 bits per heavy atom. The Bertz CT molecular complexity index is 1100. The third kappa shape index (κ3) is 3.83. The highest BCUT2D eigenvalue weighted by Gasteiger charge is 2.44. The van der Waals surface area contributed by atoms with Gasteiger partial charge in [-0.1, -0.05) is 39.5 Å². The van der Waals surface area contributed by atoms with Gasteiger partial charge in [0.1, 0.15) is 0 Å².